The molecule has 2 rings (SSSR count). The Kier molecular flexibility index (Phi) is 5.88. The molecule has 122 valence electrons. The van der Waals surface area contributed by atoms with E-state index in [1.165, 1.54) is 19.3 Å². The average molecular weight is 296 g/mol. The topological polar surface area (TPSA) is 40.1 Å². The van der Waals surface area contributed by atoms with E-state index in [-0.39, 0.29) is 0 Å². The predicted octanol–water partition coefficient (Wildman–Crippen LogP) is 1.40. The van der Waals surface area contributed by atoms with Gasteiger partial charge in [-0.3, -0.25) is 9.89 Å². The van der Waals surface area contributed by atoms with Gasteiger partial charge in [-0.2, -0.15) is 0 Å². The summed E-state index contributed by atoms with van der Waals surface area (Å²) in [6.45, 7) is 10.8. The number of likely N-dealkylation sites (tertiary alicyclic amines) is 1. The van der Waals surface area contributed by atoms with Crippen LogP contribution in [0.3, 0.4) is 0 Å². The van der Waals surface area contributed by atoms with Gasteiger partial charge in [0.1, 0.15) is 0 Å². The van der Waals surface area contributed by atoms with Gasteiger partial charge in [0.15, 0.2) is 5.96 Å². The van der Waals surface area contributed by atoms with E-state index < -0.39 is 0 Å². The largest absolute Gasteiger partial charge is 0.383 e. The van der Waals surface area contributed by atoms with Gasteiger partial charge in [0.05, 0.1) is 6.61 Å². The smallest absolute Gasteiger partial charge is 0.193 e. The van der Waals surface area contributed by atoms with Crippen molar-refractivity contribution in [1.82, 2.24) is 15.1 Å². The minimum Gasteiger partial charge on any atom is -0.383 e. The van der Waals surface area contributed by atoms with Gasteiger partial charge < -0.3 is 15.0 Å². The second-order valence-corrected chi connectivity index (χ2v) is 7.07. The van der Waals surface area contributed by atoms with Crippen LogP contribution in [0.5, 0.6) is 0 Å². The van der Waals surface area contributed by atoms with Crippen molar-refractivity contribution >= 4 is 5.96 Å². The van der Waals surface area contributed by atoms with Crippen LogP contribution in [0.1, 0.15) is 33.1 Å². The lowest BCUT2D eigenvalue weighted by atomic mass is 9.93. The lowest BCUT2D eigenvalue weighted by Gasteiger charge is -2.26. The van der Waals surface area contributed by atoms with E-state index in [1.807, 2.05) is 7.05 Å². The van der Waals surface area contributed by atoms with Crippen molar-refractivity contribution < 1.29 is 4.74 Å². The van der Waals surface area contributed by atoms with Crippen LogP contribution in [0, 0.1) is 5.41 Å². The predicted molar refractivity (Wildman–Crippen MR) is 87.8 cm³/mol. The molecule has 1 heterocycles. The number of hydrogen-bond donors (Lipinski definition) is 1. The zero-order valence-corrected chi connectivity index (χ0v) is 14.2. The Bertz CT molecular complexity index is 352. The summed E-state index contributed by atoms with van der Waals surface area (Å²) in [6, 6.07) is 0.787. The van der Waals surface area contributed by atoms with Crippen LogP contribution in [0.15, 0.2) is 4.99 Å². The van der Waals surface area contributed by atoms with Crippen LogP contribution >= 0.6 is 0 Å². The van der Waals surface area contributed by atoms with Crippen molar-refractivity contribution in [3.05, 3.63) is 0 Å². The fourth-order valence-electron chi connectivity index (χ4n) is 3.06. The highest BCUT2D eigenvalue weighted by Gasteiger charge is 2.31. The second kappa shape index (κ2) is 7.45. The molecule has 1 aliphatic carbocycles. The quantitative estimate of drug-likeness (QED) is 0.569. The van der Waals surface area contributed by atoms with Crippen LogP contribution < -0.4 is 5.32 Å². The minimum absolute atomic E-state index is 0.413. The third-order valence-corrected chi connectivity index (χ3v) is 4.52. The van der Waals surface area contributed by atoms with E-state index in [4.69, 9.17) is 4.74 Å². The van der Waals surface area contributed by atoms with E-state index in [0.29, 0.717) is 5.41 Å². The van der Waals surface area contributed by atoms with Crippen LogP contribution in [-0.4, -0.2) is 75.3 Å². The SMILES string of the molecule is CN=C(NCCN(CCOC)C1CC1)N1CCC(C)(C)C1. The van der Waals surface area contributed by atoms with Crippen molar-refractivity contribution in [3.63, 3.8) is 0 Å². The third kappa shape index (κ3) is 5.15. The maximum absolute atomic E-state index is 5.21. The average Bonchev–Trinajstić information content (AvgIpc) is 3.22. The van der Waals surface area contributed by atoms with Crippen molar-refractivity contribution in [2.24, 2.45) is 10.4 Å². The Morgan fingerprint density at radius 1 is 1.38 bits per heavy atom. The maximum Gasteiger partial charge on any atom is 0.193 e. The number of guanidine groups is 1. The Balaban J connectivity index is 1.73. The van der Waals surface area contributed by atoms with Gasteiger partial charge in [-0.25, -0.2) is 0 Å². The highest BCUT2D eigenvalue weighted by Crippen LogP contribution is 2.28. The van der Waals surface area contributed by atoms with E-state index >= 15 is 0 Å². The molecule has 1 N–H and O–H groups in total. The number of methoxy groups -OCH3 is 1. The van der Waals surface area contributed by atoms with Gasteiger partial charge in [0, 0.05) is 52.9 Å². The number of nitrogens with one attached hydrogen (secondary N) is 1. The first kappa shape index (κ1) is 16.6. The molecular weight excluding hydrogens is 264 g/mol. The van der Waals surface area contributed by atoms with Gasteiger partial charge in [0.25, 0.3) is 0 Å². The molecule has 1 aliphatic heterocycles. The van der Waals surface area contributed by atoms with E-state index in [2.05, 4.69) is 34.0 Å². The van der Waals surface area contributed by atoms with Gasteiger partial charge in [-0.05, 0) is 24.7 Å². The molecule has 1 saturated heterocycles. The molecule has 0 aromatic heterocycles. The molecule has 0 bridgehead atoms. The van der Waals surface area contributed by atoms with Crippen LogP contribution in [0.25, 0.3) is 0 Å². The number of ether oxygens (including phenoxy) is 1. The molecule has 0 atom stereocenters. The van der Waals surface area contributed by atoms with Crippen molar-refractivity contribution in [1.29, 1.82) is 0 Å². The fourth-order valence-corrected chi connectivity index (χ4v) is 3.06. The zero-order valence-electron chi connectivity index (χ0n) is 14.2. The molecule has 0 radical (unpaired) electrons. The summed E-state index contributed by atoms with van der Waals surface area (Å²) in [5.41, 5.74) is 0.413. The normalized spacial score (nSPS) is 22.1. The van der Waals surface area contributed by atoms with Gasteiger partial charge in [-0.15, -0.1) is 0 Å². The molecule has 2 aliphatic rings. The summed E-state index contributed by atoms with van der Waals surface area (Å²) in [6.07, 6.45) is 3.94. The standard InChI is InChI=1S/C16H32N4O/c1-16(2)7-9-20(13-16)15(17-3)18-8-10-19(11-12-21-4)14-5-6-14/h14H,5-13H2,1-4H3,(H,17,18). The molecule has 0 aromatic carbocycles. The van der Waals surface area contributed by atoms with Crippen LogP contribution in [-0.2, 0) is 4.74 Å². The lowest BCUT2D eigenvalue weighted by molar-refractivity contribution is 0.144. The second-order valence-electron chi connectivity index (χ2n) is 7.07. The minimum atomic E-state index is 0.413. The Hall–Kier alpha value is -0.810. The Morgan fingerprint density at radius 2 is 2.14 bits per heavy atom. The Morgan fingerprint density at radius 3 is 2.67 bits per heavy atom. The molecular formula is C16H32N4O. The summed E-state index contributed by atoms with van der Waals surface area (Å²) < 4.78 is 5.21. The van der Waals surface area contributed by atoms with Gasteiger partial charge in [0.2, 0.25) is 0 Å². The van der Waals surface area contributed by atoms with Crippen molar-refractivity contribution in [2.45, 2.75) is 39.2 Å². The monoisotopic (exact) mass is 296 g/mol. The highest BCUT2D eigenvalue weighted by atomic mass is 16.5. The van der Waals surface area contributed by atoms with Crippen molar-refractivity contribution in [2.75, 3.05) is 53.5 Å². The first-order valence-corrected chi connectivity index (χ1v) is 8.24. The number of nitrogens with zero attached hydrogens (tertiary/aromatic N) is 3. The first-order valence-electron chi connectivity index (χ1n) is 8.24. The van der Waals surface area contributed by atoms with Gasteiger partial charge in [-0.1, -0.05) is 13.8 Å². The highest BCUT2D eigenvalue weighted by molar-refractivity contribution is 5.80. The van der Waals surface area contributed by atoms with E-state index in [9.17, 15) is 0 Å². The number of rotatable bonds is 7. The molecule has 0 unspecified atom stereocenters. The molecule has 0 spiro atoms. The summed E-state index contributed by atoms with van der Waals surface area (Å²) in [4.78, 5) is 9.37. The third-order valence-electron chi connectivity index (χ3n) is 4.52. The molecule has 0 aromatic rings. The molecule has 0 amide bonds. The lowest BCUT2D eigenvalue weighted by Crippen LogP contribution is -2.44. The maximum atomic E-state index is 5.21. The Labute approximate surface area is 129 Å². The van der Waals surface area contributed by atoms with Gasteiger partial charge >= 0.3 is 0 Å². The molecule has 5 heteroatoms. The fraction of sp³-hybridized carbons (Fsp3) is 0.938. The first-order chi connectivity index (χ1) is 10.1. The summed E-state index contributed by atoms with van der Waals surface area (Å²) >= 11 is 0. The van der Waals surface area contributed by atoms with E-state index in [1.54, 1.807) is 7.11 Å². The molecule has 1 saturated carbocycles. The van der Waals surface area contributed by atoms with Crippen LogP contribution in [0.4, 0.5) is 0 Å². The van der Waals surface area contributed by atoms with E-state index in [0.717, 1.165) is 51.3 Å². The molecule has 2 fully saturated rings. The number of hydrogen-bond acceptors (Lipinski definition) is 3. The van der Waals surface area contributed by atoms with Crippen LogP contribution in [0.2, 0.25) is 0 Å². The zero-order chi connectivity index (χ0) is 15.3. The summed E-state index contributed by atoms with van der Waals surface area (Å²) in [5.74, 6) is 1.06. The molecule has 5 nitrogen and oxygen atoms in total. The molecule has 21 heavy (non-hydrogen) atoms. The summed E-state index contributed by atoms with van der Waals surface area (Å²) in [7, 11) is 3.66. The number of aliphatic imine (C=N–C) groups is 1. The van der Waals surface area contributed by atoms with Crippen molar-refractivity contribution in [3.8, 4) is 0 Å². The summed E-state index contributed by atoms with van der Waals surface area (Å²) in [5, 5.41) is 3.53.